The summed E-state index contributed by atoms with van der Waals surface area (Å²) >= 11 is 0. The first-order chi connectivity index (χ1) is 4.34. The van der Waals surface area contributed by atoms with Crippen molar-refractivity contribution in [2.24, 2.45) is 5.73 Å². The standard InChI is InChI=1S/C7H14N2.2ClH/c8-5-3-6-1-2-7(4-5)9-6;;/h5-7,9H,1-4,8H2;2*1H/t5-,6+,7-;;. The van der Waals surface area contributed by atoms with Crippen LogP contribution in [0.15, 0.2) is 0 Å². The van der Waals surface area contributed by atoms with Crippen LogP contribution in [-0.4, -0.2) is 18.1 Å². The zero-order valence-electron chi connectivity index (χ0n) is 6.45. The van der Waals surface area contributed by atoms with Gasteiger partial charge in [-0.05, 0) is 25.7 Å². The van der Waals surface area contributed by atoms with E-state index < -0.39 is 0 Å². The lowest BCUT2D eigenvalue weighted by molar-refractivity contribution is 0.363. The minimum absolute atomic E-state index is 0. The fourth-order valence-corrected chi connectivity index (χ4v) is 2.10. The molecule has 3 N–H and O–H groups in total. The highest BCUT2D eigenvalue weighted by molar-refractivity contribution is 5.85. The molecule has 0 aromatic heterocycles. The van der Waals surface area contributed by atoms with Crippen molar-refractivity contribution in [3.8, 4) is 0 Å². The van der Waals surface area contributed by atoms with Gasteiger partial charge in [0.15, 0.2) is 0 Å². The summed E-state index contributed by atoms with van der Waals surface area (Å²) in [6, 6.07) is 2.02. The molecule has 2 saturated heterocycles. The second kappa shape index (κ2) is 4.51. The average molecular weight is 199 g/mol. The Balaban J connectivity index is 0.000000500. The van der Waals surface area contributed by atoms with Gasteiger partial charge < -0.3 is 11.1 Å². The fraction of sp³-hybridized carbons (Fsp3) is 1.00. The molecule has 0 aromatic rings. The maximum atomic E-state index is 5.82. The molecule has 0 spiro atoms. The van der Waals surface area contributed by atoms with Crippen LogP contribution < -0.4 is 11.1 Å². The summed E-state index contributed by atoms with van der Waals surface area (Å²) in [6.45, 7) is 0. The number of fused-ring (bicyclic) bond motifs is 2. The zero-order chi connectivity index (χ0) is 6.27. The van der Waals surface area contributed by atoms with E-state index in [9.17, 15) is 0 Å². The predicted molar refractivity (Wildman–Crippen MR) is 51.7 cm³/mol. The SMILES string of the molecule is Cl.Cl.N[C@H]1C[C@H]2CC[C@@H](C1)N2. The lowest BCUT2D eigenvalue weighted by Crippen LogP contribution is -2.43. The molecule has 3 atom stereocenters. The van der Waals surface area contributed by atoms with Crippen molar-refractivity contribution >= 4 is 24.8 Å². The summed E-state index contributed by atoms with van der Waals surface area (Å²) in [6.07, 6.45) is 5.13. The van der Waals surface area contributed by atoms with Crippen LogP contribution in [0.1, 0.15) is 25.7 Å². The second-order valence-corrected chi connectivity index (χ2v) is 3.37. The van der Waals surface area contributed by atoms with E-state index in [0.29, 0.717) is 6.04 Å². The molecule has 2 bridgehead atoms. The van der Waals surface area contributed by atoms with Gasteiger partial charge in [0, 0.05) is 18.1 Å². The fourth-order valence-electron chi connectivity index (χ4n) is 2.10. The number of halogens is 2. The maximum Gasteiger partial charge on any atom is 0.00849 e. The van der Waals surface area contributed by atoms with Gasteiger partial charge in [-0.25, -0.2) is 0 Å². The van der Waals surface area contributed by atoms with E-state index in [1.165, 1.54) is 25.7 Å². The largest absolute Gasteiger partial charge is 0.328 e. The van der Waals surface area contributed by atoms with E-state index in [2.05, 4.69) is 5.32 Å². The van der Waals surface area contributed by atoms with E-state index in [1.807, 2.05) is 0 Å². The van der Waals surface area contributed by atoms with Crippen LogP contribution in [0.2, 0.25) is 0 Å². The summed E-state index contributed by atoms with van der Waals surface area (Å²) in [5.41, 5.74) is 5.82. The van der Waals surface area contributed by atoms with Crippen molar-refractivity contribution in [1.82, 2.24) is 5.32 Å². The Morgan fingerprint density at radius 2 is 1.45 bits per heavy atom. The molecule has 0 radical (unpaired) electrons. The highest BCUT2D eigenvalue weighted by Crippen LogP contribution is 2.25. The zero-order valence-corrected chi connectivity index (χ0v) is 8.09. The molecule has 11 heavy (non-hydrogen) atoms. The third-order valence-corrected chi connectivity index (χ3v) is 2.51. The quantitative estimate of drug-likeness (QED) is 0.612. The van der Waals surface area contributed by atoms with E-state index >= 15 is 0 Å². The van der Waals surface area contributed by atoms with Crippen molar-refractivity contribution in [3.63, 3.8) is 0 Å². The highest BCUT2D eigenvalue weighted by atomic mass is 35.5. The van der Waals surface area contributed by atoms with Gasteiger partial charge in [-0.3, -0.25) is 0 Å². The minimum atomic E-state index is 0. The second-order valence-electron chi connectivity index (χ2n) is 3.37. The Bertz CT molecular complexity index is 109. The monoisotopic (exact) mass is 198 g/mol. The molecule has 4 heteroatoms. The first-order valence-electron chi connectivity index (χ1n) is 3.86. The number of nitrogens with two attached hydrogens (primary N) is 1. The van der Waals surface area contributed by atoms with E-state index in [0.717, 1.165) is 12.1 Å². The van der Waals surface area contributed by atoms with Crippen LogP contribution in [0.5, 0.6) is 0 Å². The predicted octanol–water partition coefficient (Wildman–Crippen LogP) is 1.07. The molecule has 0 aliphatic carbocycles. The number of hydrogen-bond donors (Lipinski definition) is 2. The number of nitrogens with one attached hydrogen (secondary N) is 1. The van der Waals surface area contributed by atoms with Crippen molar-refractivity contribution in [2.75, 3.05) is 0 Å². The normalized spacial score (nSPS) is 40.6. The number of rotatable bonds is 0. The summed E-state index contributed by atoms with van der Waals surface area (Å²) in [5.74, 6) is 0. The van der Waals surface area contributed by atoms with E-state index in [-0.39, 0.29) is 24.8 Å². The molecule has 0 saturated carbocycles. The van der Waals surface area contributed by atoms with Gasteiger partial charge in [-0.2, -0.15) is 0 Å². The Morgan fingerprint density at radius 1 is 1.00 bits per heavy atom. The van der Waals surface area contributed by atoms with Gasteiger partial charge in [-0.1, -0.05) is 0 Å². The summed E-state index contributed by atoms with van der Waals surface area (Å²) in [5, 5.41) is 3.54. The lowest BCUT2D eigenvalue weighted by Gasteiger charge is -2.25. The van der Waals surface area contributed by atoms with Crippen LogP contribution in [0.25, 0.3) is 0 Å². The first-order valence-corrected chi connectivity index (χ1v) is 3.86. The van der Waals surface area contributed by atoms with Crippen LogP contribution in [0.3, 0.4) is 0 Å². The van der Waals surface area contributed by atoms with Gasteiger partial charge in [0.1, 0.15) is 0 Å². The van der Waals surface area contributed by atoms with Gasteiger partial charge in [0.05, 0.1) is 0 Å². The van der Waals surface area contributed by atoms with E-state index in [1.54, 1.807) is 0 Å². The van der Waals surface area contributed by atoms with Gasteiger partial charge in [0.2, 0.25) is 0 Å². The van der Waals surface area contributed by atoms with Crippen molar-refractivity contribution in [2.45, 2.75) is 43.8 Å². The van der Waals surface area contributed by atoms with Gasteiger partial charge >= 0.3 is 0 Å². The third kappa shape index (κ3) is 2.48. The topological polar surface area (TPSA) is 38.0 Å². The molecule has 0 unspecified atom stereocenters. The Morgan fingerprint density at radius 3 is 1.91 bits per heavy atom. The van der Waals surface area contributed by atoms with Crippen LogP contribution in [-0.2, 0) is 0 Å². The minimum Gasteiger partial charge on any atom is -0.328 e. The summed E-state index contributed by atoms with van der Waals surface area (Å²) < 4.78 is 0. The molecular formula is C7H16Cl2N2. The molecule has 0 aromatic carbocycles. The molecule has 2 aliphatic heterocycles. The Kier molecular flexibility index (Phi) is 4.71. The smallest absolute Gasteiger partial charge is 0.00849 e. The van der Waals surface area contributed by atoms with Crippen LogP contribution in [0, 0.1) is 0 Å². The molecule has 2 rings (SSSR count). The third-order valence-electron chi connectivity index (χ3n) is 2.51. The van der Waals surface area contributed by atoms with Crippen LogP contribution >= 0.6 is 24.8 Å². The molecular weight excluding hydrogens is 183 g/mol. The molecule has 2 heterocycles. The lowest BCUT2D eigenvalue weighted by atomic mass is 10.0. The molecule has 0 amide bonds. The van der Waals surface area contributed by atoms with Crippen molar-refractivity contribution < 1.29 is 0 Å². The Labute approximate surface area is 80.1 Å². The van der Waals surface area contributed by atoms with Gasteiger partial charge in [-0.15, -0.1) is 24.8 Å². The highest BCUT2D eigenvalue weighted by Gasteiger charge is 2.31. The number of hydrogen-bond acceptors (Lipinski definition) is 2. The molecule has 2 nitrogen and oxygen atoms in total. The maximum absolute atomic E-state index is 5.82. The van der Waals surface area contributed by atoms with Crippen LogP contribution in [0.4, 0.5) is 0 Å². The summed E-state index contributed by atoms with van der Waals surface area (Å²) in [4.78, 5) is 0. The number of piperidine rings is 1. The Hall–Kier alpha value is 0.500. The van der Waals surface area contributed by atoms with Crippen molar-refractivity contribution in [1.29, 1.82) is 0 Å². The van der Waals surface area contributed by atoms with Crippen molar-refractivity contribution in [3.05, 3.63) is 0 Å². The molecule has 68 valence electrons. The summed E-state index contributed by atoms with van der Waals surface area (Å²) in [7, 11) is 0. The average Bonchev–Trinajstić information content (AvgIpc) is 2.11. The molecule has 2 fully saturated rings. The van der Waals surface area contributed by atoms with Gasteiger partial charge in [0.25, 0.3) is 0 Å². The molecule has 2 aliphatic rings. The first kappa shape index (κ1) is 11.5. The van der Waals surface area contributed by atoms with E-state index in [4.69, 9.17) is 5.73 Å².